The Labute approximate surface area is 62.8 Å². The number of piperidine rings is 1. The maximum Gasteiger partial charge on any atom is 0.178 e. The van der Waals surface area contributed by atoms with Gasteiger partial charge in [0, 0.05) is 12.0 Å². The Hall–Kier alpha value is -0.190. The summed E-state index contributed by atoms with van der Waals surface area (Å²) in [6, 6.07) is 0. The van der Waals surface area contributed by atoms with Gasteiger partial charge in [0.15, 0.2) is 11.1 Å². The minimum atomic E-state index is -1.77. The lowest BCUT2D eigenvalue weighted by Crippen LogP contribution is -2.23. The van der Waals surface area contributed by atoms with Crippen molar-refractivity contribution in [2.45, 2.75) is 12.8 Å². The Balaban J connectivity index is 2.45. The van der Waals surface area contributed by atoms with E-state index in [1.807, 2.05) is 0 Å². The number of rotatable bonds is 1. The van der Waals surface area contributed by atoms with E-state index in [9.17, 15) is 4.21 Å². The molecule has 1 aliphatic heterocycles. The molecule has 0 saturated carbocycles. The lowest BCUT2D eigenvalue weighted by Gasteiger charge is -2.13. The van der Waals surface area contributed by atoms with Crippen molar-refractivity contribution in [2.24, 2.45) is 0 Å². The van der Waals surface area contributed by atoms with Gasteiger partial charge in [-0.2, -0.15) is 0 Å². The normalized spacial score (nSPS) is 26.7. The van der Waals surface area contributed by atoms with Crippen molar-refractivity contribution in [3.63, 3.8) is 0 Å². The van der Waals surface area contributed by atoms with E-state index in [1.165, 1.54) is 5.41 Å². The summed E-state index contributed by atoms with van der Waals surface area (Å²) in [5.74, 6) is 0. The van der Waals surface area contributed by atoms with Crippen LogP contribution in [0.2, 0.25) is 0 Å². The number of hydrogen-bond donors (Lipinski definition) is 2. The molecule has 0 aromatic carbocycles. The molecule has 3 nitrogen and oxygen atoms in total. The minimum Gasteiger partial charge on any atom is -0.313 e. The molecule has 0 aromatic rings. The van der Waals surface area contributed by atoms with Crippen molar-refractivity contribution >= 4 is 11.1 Å². The van der Waals surface area contributed by atoms with Crippen LogP contribution in [-0.4, -0.2) is 21.9 Å². The molecular weight excluding hydrogens is 150 g/mol. The first-order valence-corrected chi connectivity index (χ1v) is 4.46. The molecule has 4 heteroatoms. The van der Waals surface area contributed by atoms with Crippen molar-refractivity contribution in [3.05, 3.63) is 11.0 Å². The van der Waals surface area contributed by atoms with Gasteiger partial charge in [-0.25, -0.2) is 4.21 Å². The second kappa shape index (κ2) is 3.85. The average molecular weight is 161 g/mol. The SMILES string of the molecule is O=S(O)C=C1CCCNC1. The summed E-state index contributed by atoms with van der Waals surface area (Å²) in [5, 5.41) is 4.54. The van der Waals surface area contributed by atoms with Gasteiger partial charge in [-0.15, -0.1) is 0 Å². The van der Waals surface area contributed by atoms with Crippen LogP contribution in [0.3, 0.4) is 0 Å². The first-order chi connectivity index (χ1) is 4.79. The lowest BCUT2D eigenvalue weighted by molar-refractivity contribution is 0.570. The van der Waals surface area contributed by atoms with Gasteiger partial charge in [-0.3, -0.25) is 0 Å². The van der Waals surface area contributed by atoms with Crippen LogP contribution in [0.5, 0.6) is 0 Å². The van der Waals surface area contributed by atoms with Crippen LogP contribution in [0, 0.1) is 0 Å². The third kappa shape index (κ3) is 2.60. The molecule has 0 radical (unpaired) electrons. The highest BCUT2D eigenvalue weighted by Crippen LogP contribution is 2.08. The summed E-state index contributed by atoms with van der Waals surface area (Å²) in [6.07, 6.45) is 2.03. The van der Waals surface area contributed by atoms with Gasteiger partial charge in [-0.1, -0.05) is 0 Å². The van der Waals surface area contributed by atoms with E-state index in [-0.39, 0.29) is 0 Å². The first kappa shape index (κ1) is 7.91. The molecule has 58 valence electrons. The average Bonchev–Trinajstić information content (AvgIpc) is 1.88. The molecule has 1 unspecified atom stereocenters. The molecule has 1 heterocycles. The second-order valence-electron chi connectivity index (χ2n) is 2.33. The van der Waals surface area contributed by atoms with Gasteiger partial charge < -0.3 is 9.87 Å². The van der Waals surface area contributed by atoms with E-state index in [0.717, 1.165) is 31.5 Å². The van der Waals surface area contributed by atoms with Crippen LogP contribution in [0.1, 0.15) is 12.8 Å². The molecular formula is C6H11NO2S. The van der Waals surface area contributed by atoms with Gasteiger partial charge in [-0.05, 0) is 25.0 Å². The molecule has 0 spiro atoms. The molecule has 10 heavy (non-hydrogen) atoms. The Morgan fingerprint density at radius 3 is 3.00 bits per heavy atom. The first-order valence-electron chi connectivity index (χ1n) is 3.29. The summed E-state index contributed by atoms with van der Waals surface area (Å²) in [4.78, 5) is 0. The van der Waals surface area contributed by atoms with E-state index >= 15 is 0 Å². The number of nitrogens with one attached hydrogen (secondary N) is 1. The fraction of sp³-hybridized carbons (Fsp3) is 0.667. The van der Waals surface area contributed by atoms with Crippen molar-refractivity contribution in [1.29, 1.82) is 0 Å². The fourth-order valence-electron chi connectivity index (χ4n) is 1.02. The molecule has 0 bridgehead atoms. The maximum atomic E-state index is 10.3. The monoisotopic (exact) mass is 161 g/mol. The van der Waals surface area contributed by atoms with E-state index in [0.29, 0.717) is 0 Å². The highest BCUT2D eigenvalue weighted by Gasteiger charge is 2.04. The van der Waals surface area contributed by atoms with Gasteiger partial charge in [0.25, 0.3) is 0 Å². The summed E-state index contributed by atoms with van der Waals surface area (Å²) in [7, 11) is 0. The molecule has 1 rings (SSSR count). The van der Waals surface area contributed by atoms with Crippen LogP contribution >= 0.6 is 0 Å². The molecule has 2 N–H and O–H groups in total. The molecule has 1 fully saturated rings. The third-order valence-electron chi connectivity index (χ3n) is 1.47. The summed E-state index contributed by atoms with van der Waals surface area (Å²) in [6.45, 7) is 1.79. The van der Waals surface area contributed by atoms with Crippen LogP contribution in [-0.2, 0) is 11.1 Å². The summed E-state index contributed by atoms with van der Waals surface area (Å²) in [5.41, 5.74) is 1.05. The molecule has 0 aromatic heterocycles. The van der Waals surface area contributed by atoms with E-state index < -0.39 is 11.1 Å². The van der Waals surface area contributed by atoms with Gasteiger partial charge in [0.05, 0.1) is 0 Å². The van der Waals surface area contributed by atoms with Crippen molar-refractivity contribution in [1.82, 2.24) is 5.32 Å². The minimum absolute atomic E-state index is 0.770. The van der Waals surface area contributed by atoms with Gasteiger partial charge >= 0.3 is 0 Å². The van der Waals surface area contributed by atoms with Gasteiger partial charge in [0.2, 0.25) is 0 Å². The van der Waals surface area contributed by atoms with Crippen LogP contribution in [0.4, 0.5) is 0 Å². The van der Waals surface area contributed by atoms with E-state index in [4.69, 9.17) is 4.55 Å². The van der Waals surface area contributed by atoms with Crippen LogP contribution in [0.15, 0.2) is 11.0 Å². The molecule has 0 amide bonds. The quantitative estimate of drug-likeness (QED) is 0.550. The zero-order valence-corrected chi connectivity index (χ0v) is 6.49. The zero-order valence-electron chi connectivity index (χ0n) is 5.67. The Morgan fingerprint density at radius 2 is 2.50 bits per heavy atom. The largest absolute Gasteiger partial charge is 0.313 e. The topological polar surface area (TPSA) is 49.3 Å². The second-order valence-corrected chi connectivity index (χ2v) is 3.12. The van der Waals surface area contributed by atoms with Crippen molar-refractivity contribution < 1.29 is 8.76 Å². The molecule has 0 aliphatic carbocycles. The van der Waals surface area contributed by atoms with Crippen LogP contribution in [0.25, 0.3) is 0 Å². The number of hydrogen-bond acceptors (Lipinski definition) is 2. The summed E-state index contributed by atoms with van der Waals surface area (Å²) >= 11 is -1.77. The van der Waals surface area contributed by atoms with E-state index in [1.54, 1.807) is 0 Å². The predicted octanol–water partition coefficient (Wildman–Crippen LogP) is 0.475. The zero-order chi connectivity index (χ0) is 7.40. The van der Waals surface area contributed by atoms with Crippen LogP contribution < -0.4 is 5.32 Å². The van der Waals surface area contributed by atoms with Crippen molar-refractivity contribution in [2.75, 3.05) is 13.1 Å². The molecule has 1 atom stereocenters. The Kier molecular flexibility index (Phi) is 3.05. The van der Waals surface area contributed by atoms with Crippen molar-refractivity contribution in [3.8, 4) is 0 Å². The standard InChI is InChI=1S/C6H11NO2S/c8-10(9)5-6-2-1-3-7-4-6/h5,7H,1-4H2,(H,8,9). The highest BCUT2D eigenvalue weighted by atomic mass is 32.2. The fourth-order valence-corrected chi connectivity index (χ4v) is 1.51. The molecule has 1 aliphatic rings. The predicted molar refractivity (Wildman–Crippen MR) is 41.0 cm³/mol. The Bertz CT molecular complexity index is 159. The van der Waals surface area contributed by atoms with Gasteiger partial charge in [0.1, 0.15) is 0 Å². The maximum absolute atomic E-state index is 10.3. The lowest BCUT2D eigenvalue weighted by atomic mass is 10.1. The summed E-state index contributed by atoms with van der Waals surface area (Å²) < 4.78 is 18.7. The highest BCUT2D eigenvalue weighted by molar-refractivity contribution is 7.82. The third-order valence-corrected chi connectivity index (χ3v) is 2.01. The smallest absolute Gasteiger partial charge is 0.178 e. The Morgan fingerprint density at radius 1 is 1.70 bits per heavy atom. The molecule has 1 saturated heterocycles. The van der Waals surface area contributed by atoms with E-state index in [2.05, 4.69) is 5.32 Å².